The summed E-state index contributed by atoms with van der Waals surface area (Å²) >= 11 is 0. The predicted octanol–water partition coefficient (Wildman–Crippen LogP) is 0.811. The topological polar surface area (TPSA) is 101 Å². The molecular weight excluding hydrogens is 248 g/mol. The summed E-state index contributed by atoms with van der Waals surface area (Å²) < 4.78 is 1.54. The van der Waals surface area contributed by atoms with E-state index in [2.05, 4.69) is 15.3 Å². The Morgan fingerprint density at radius 3 is 2.84 bits per heavy atom. The van der Waals surface area contributed by atoms with Crippen molar-refractivity contribution >= 4 is 5.97 Å². The van der Waals surface area contributed by atoms with E-state index in [0.717, 1.165) is 0 Å². The van der Waals surface area contributed by atoms with E-state index >= 15 is 0 Å². The highest BCUT2D eigenvalue weighted by molar-refractivity contribution is 5.92. The van der Waals surface area contributed by atoms with Gasteiger partial charge in [0.1, 0.15) is 5.69 Å². The highest BCUT2D eigenvalue weighted by atomic mass is 16.4. The van der Waals surface area contributed by atoms with Crippen molar-refractivity contribution in [2.45, 2.75) is 19.4 Å². The van der Waals surface area contributed by atoms with Gasteiger partial charge in [0.25, 0.3) is 0 Å². The van der Waals surface area contributed by atoms with Gasteiger partial charge >= 0.3 is 5.97 Å². The first kappa shape index (κ1) is 13.2. The summed E-state index contributed by atoms with van der Waals surface area (Å²) in [5.74, 6) is -1.12. The number of carboxylic acids is 1. The molecule has 0 amide bonds. The normalized spacial score (nSPS) is 10.6. The van der Waals surface area contributed by atoms with E-state index in [1.807, 2.05) is 0 Å². The summed E-state index contributed by atoms with van der Waals surface area (Å²) in [5.41, 5.74) is 1.02. The molecule has 0 fully saturated rings. The van der Waals surface area contributed by atoms with Crippen LogP contribution in [0.3, 0.4) is 0 Å². The molecule has 7 heteroatoms. The lowest BCUT2D eigenvalue weighted by molar-refractivity contribution is 0.0691. The van der Waals surface area contributed by atoms with Crippen LogP contribution < -0.4 is 0 Å². The second kappa shape index (κ2) is 6.05. The highest BCUT2D eigenvalue weighted by Gasteiger charge is 2.20. The molecule has 0 atom stereocenters. The Kier molecular flexibility index (Phi) is 4.19. The number of aliphatic hydroxyl groups excluding tert-OH is 1. The third-order valence-electron chi connectivity index (χ3n) is 2.65. The van der Waals surface area contributed by atoms with Gasteiger partial charge in [-0.1, -0.05) is 5.21 Å². The number of hydrogen-bond donors (Lipinski definition) is 2. The number of nitrogens with zero attached hydrogens (tertiary/aromatic N) is 4. The van der Waals surface area contributed by atoms with Crippen molar-refractivity contribution in [3.8, 4) is 11.3 Å². The van der Waals surface area contributed by atoms with E-state index in [-0.39, 0.29) is 12.3 Å². The average molecular weight is 262 g/mol. The molecular formula is C12H14N4O3. The Morgan fingerprint density at radius 2 is 2.21 bits per heavy atom. The van der Waals surface area contributed by atoms with Crippen molar-refractivity contribution in [3.05, 3.63) is 30.2 Å². The van der Waals surface area contributed by atoms with Gasteiger partial charge in [-0.2, -0.15) is 0 Å². The molecule has 0 unspecified atom stereocenters. The van der Waals surface area contributed by atoms with E-state index in [4.69, 9.17) is 10.2 Å². The van der Waals surface area contributed by atoms with Crippen LogP contribution in [0, 0.1) is 0 Å². The quantitative estimate of drug-likeness (QED) is 0.747. The zero-order chi connectivity index (χ0) is 13.7. The van der Waals surface area contributed by atoms with Gasteiger partial charge < -0.3 is 10.2 Å². The first-order valence-electron chi connectivity index (χ1n) is 5.92. The summed E-state index contributed by atoms with van der Waals surface area (Å²) in [6.07, 6.45) is 4.53. The van der Waals surface area contributed by atoms with Gasteiger partial charge in [-0.3, -0.25) is 4.98 Å². The van der Waals surface area contributed by atoms with Crippen LogP contribution in [-0.2, 0) is 6.54 Å². The van der Waals surface area contributed by atoms with Crippen LogP contribution in [0.4, 0.5) is 0 Å². The molecule has 0 aliphatic rings. The van der Waals surface area contributed by atoms with Crippen molar-refractivity contribution in [1.29, 1.82) is 0 Å². The second-order valence-electron chi connectivity index (χ2n) is 3.99. The maximum absolute atomic E-state index is 11.2. The molecule has 0 saturated heterocycles. The summed E-state index contributed by atoms with van der Waals surface area (Å²) in [6, 6.07) is 3.49. The SMILES string of the molecule is O=C(O)c1nnn(CCCCO)c1-c1cccnc1. The number of carboxylic acid groups (broad SMARTS) is 1. The molecule has 100 valence electrons. The first-order chi connectivity index (χ1) is 9.24. The number of aromatic nitrogens is 4. The van der Waals surface area contributed by atoms with Crippen LogP contribution in [0.1, 0.15) is 23.3 Å². The molecule has 2 aromatic rings. The van der Waals surface area contributed by atoms with E-state index in [9.17, 15) is 4.79 Å². The Balaban J connectivity index is 2.37. The fraction of sp³-hybridized carbons (Fsp3) is 0.333. The third kappa shape index (κ3) is 2.94. The van der Waals surface area contributed by atoms with Crippen LogP contribution in [0.2, 0.25) is 0 Å². The first-order valence-corrected chi connectivity index (χ1v) is 5.92. The lowest BCUT2D eigenvalue weighted by Crippen LogP contribution is -2.06. The van der Waals surface area contributed by atoms with Gasteiger partial charge in [0.2, 0.25) is 0 Å². The number of pyridine rings is 1. The molecule has 2 heterocycles. The van der Waals surface area contributed by atoms with E-state index in [1.54, 1.807) is 24.5 Å². The maximum Gasteiger partial charge on any atom is 0.358 e. The molecule has 2 rings (SSSR count). The zero-order valence-electron chi connectivity index (χ0n) is 10.2. The molecule has 0 aliphatic carbocycles. The molecule has 0 radical (unpaired) electrons. The summed E-state index contributed by atoms with van der Waals surface area (Å²) in [6.45, 7) is 0.605. The molecule has 0 bridgehead atoms. The average Bonchev–Trinajstić information content (AvgIpc) is 2.84. The van der Waals surface area contributed by atoms with Crippen LogP contribution in [0.5, 0.6) is 0 Å². The van der Waals surface area contributed by atoms with Gasteiger partial charge in [-0.05, 0) is 25.0 Å². The monoisotopic (exact) mass is 262 g/mol. The van der Waals surface area contributed by atoms with Crippen LogP contribution in [0.25, 0.3) is 11.3 Å². The van der Waals surface area contributed by atoms with E-state index in [1.165, 1.54) is 4.68 Å². The predicted molar refractivity (Wildman–Crippen MR) is 66.5 cm³/mol. The van der Waals surface area contributed by atoms with Crippen molar-refractivity contribution in [2.24, 2.45) is 0 Å². The minimum Gasteiger partial charge on any atom is -0.476 e. The molecule has 2 N–H and O–H groups in total. The summed E-state index contributed by atoms with van der Waals surface area (Å²) in [7, 11) is 0. The number of aliphatic hydroxyl groups is 1. The molecule has 0 aromatic carbocycles. The minimum absolute atomic E-state index is 0.0861. The molecule has 19 heavy (non-hydrogen) atoms. The van der Waals surface area contributed by atoms with Gasteiger partial charge in [-0.25, -0.2) is 9.48 Å². The number of aryl methyl sites for hydroxylation is 1. The van der Waals surface area contributed by atoms with Crippen molar-refractivity contribution in [3.63, 3.8) is 0 Å². The molecule has 2 aromatic heterocycles. The molecule has 0 aliphatic heterocycles. The summed E-state index contributed by atoms with van der Waals surface area (Å²) in [4.78, 5) is 15.1. The number of hydrogen-bond acceptors (Lipinski definition) is 5. The Labute approximate surface area is 109 Å². The van der Waals surface area contributed by atoms with Crippen LogP contribution in [-0.4, -0.2) is 42.8 Å². The van der Waals surface area contributed by atoms with Gasteiger partial charge in [-0.15, -0.1) is 5.10 Å². The van der Waals surface area contributed by atoms with Crippen LogP contribution in [0.15, 0.2) is 24.5 Å². The largest absolute Gasteiger partial charge is 0.476 e. The number of unbranched alkanes of at least 4 members (excludes halogenated alkanes) is 1. The maximum atomic E-state index is 11.2. The summed E-state index contributed by atoms with van der Waals surface area (Å²) in [5, 5.41) is 25.5. The highest BCUT2D eigenvalue weighted by Crippen LogP contribution is 2.21. The fourth-order valence-corrected chi connectivity index (χ4v) is 1.78. The van der Waals surface area contributed by atoms with Gasteiger partial charge in [0.15, 0.2) is 5.69 Å². The standard InChI is InChI=1S/C12H14N4O3/c17-7-2-1-6-16-11(9-4-3-5-13-8-9)10(12(18)19)14-15-16/h3-5,8,17H,1-2,6-7H2,(H,18,19). The number of aromatic carboxylic acids is 1. The lowest BCUT2D eigenvalue weighted by Gasteiger charge is -2.06. The lowest BCUT2D eigenvalue weighted by atomic mass is 10.1. The smallest absolute Gasteiger partial charge is 0.358 e. The number of rotatable bonds is 6. The number of carbonyl (C=O) groups is 1. The molecule has 7 nitrogen and oxygen atoms in total. The van der Waals surface area contributed by atoms with Crippen molar-refractivity contribution in [2.75, 3.05) is 6.61 Å². The van der Waals surface area contributed by atoms with Gasteiger partial charge in [0, 0.05) is 31.1 Å². The second-order valence-corrected chi connectivity index (χ2v) is 3.99. The fourth-order valence-electron chi connectivity index (χ4n) is 1.78. The molecule has 0 spiro atoms. The van der Waals surface area contributed by atoms with Crippen molar-refractivity contribution in [1.82, 2.24) is 20.0 Å². The Hall–Kier alpha value is -2.28. The zero-order valence-corrected chi connectivity index (χ0v) is 10.2. The van der Waals surface area contributed by atoms with E-state index in [0.29, 0.717) is 30.6 Å². The van der Waals surface area contributed by atoms with Crippen molar-refractivity contribution < 1.29 is 15.0 Å². The third-order valence-corrected chi connectivity index (χ3v) is 2.65. The molecule has 0 saturated carbocycles. The van der Waals surface area contributed by atoms with E-state index < -0.39 is 5.97 Å². The minimum atomic E-state index is -1.12. The van der Waals surface area contributed by atoms with Gasteiger partial charge in [0.05, 0.1) is 0 Å². The Bertz CT molecular complexity index is 553. The van der Waals surface area contributed by atoms with Crippen LogP contribution >= 0.6 is 0 Å². The Morgan fingerprint density at radius 1 is 1.37 bits per heavy atom.